The smallest absolute Gasteiger partial charge is 0.243 e. The summed E-state index contributed by atoms with van der Waals surface area (Å²) < 4.78 is 39.9. The summed E-state index contributed by atoms with van der Waals surface area (Å²) in [4.78, 5) is 2.58. The summed E-state index contributed by atoms with van der Waals surface area (Å²) in [5, 5.41) is 4.21. The van der Waals surface area contributed by atoms with E-state index in [0.717, 1.165) is 45.4 Å². The number of aryl methyl sites for hydroxylation is 1. The van der Waals surface area contributed by atoms with Crippen LogP contribution in [0.2, 0.25) is 0 Å². The molecule has 29 heavy (non-hydrogen) atoms. The highest BCUT2D eigenvalue weighted by atomic mass is 32.2. The van der Waals surface area contributed by atoms with E-state index in [-0.39, 0.29) is 4.90 Å². The van der Waals surface area contributed by atoms with Crippen LogP contribution >= 0.6 is 0 Å². The monoisotopic (exact) mass is 422 g/mol. The third kappa shape index (κ3) is 5.49. The van der Waals surface area contributed by atoms with Crippen LogP contribution in [-0.4, -0.2) is 74.3 Å². The van der Waals surface area contributed by atoms with Gasteiger partial charge in [-0.15, -0.1) is 0 Å². The van der Waals surface area contributed by atoms with Crippen LogP contribution in [0.5, 0.6) is 11.5 Å². The van der Waals surface area contributed by atoms with Gasteiger partial charge in [0.05, 0.1) is 19.1 Å². The molecule has 0 spiro atoms. The Bertz CT molecular complexity index is 863. The van der Waals surface area contributed by atoms with Gasteiger partial charge in [-0.2, -0.15) is 9.40 Å². The summed E-state index contributed by atoms with van der Waals surface area (Å²) in [6, 6.07) is 6.67. The first-order chi connectivity index (χ1) is 14.0. The molecule has 1 aliphatic rings. The lowest BCUT2D eigenvalue weighted by Gasteiger charge is -2.34. The number of methoxy groups -OCH3 is 2. The first-order valence-electron chi connectivity index (χ1n) is 9.96. The SMILES string of the molecule is COc1ccc(S(=O)(=O)N2CCN(CCCCCn3cccn3)CC2)cc1OC. The molecule has 1 aromatic carbocycles. The molecular formula is C20H30N4O4S. The molecule has 0 unspecified atom stereocenters. The molecule has 0 N–H and O–H groups in total. The van der Waals surface area contributed by atoms with Gasteiger partial charge in [0, 0.05) is 51.2 Å². The Hall–Kier alpha value is -2.10. The van der Waals surface area contributed by atoms with E-state index in [1.54, 1.807) is 22.6 Å². The lowest BCUT2D eigenvalue weighted by atomic mass is 10.2. The molecule has 0 bridgehead atoms. The maximum absolute atomic E-state index is 13.0. The van der Waals surface area contributed by atoms with Crippen LogP contribution in [0.1, 0.15) is 19.3 Å². The highest BCUT2D eigenvalue weighted by molar-refractivity contribution is 7.89. The zero-order chi connectivity index (χ0) is 20.7. The van der Waals surface area contributed by atoms with E-state index < -0.39 is 10.0 Å². The van der Waals surface area contributed by atoms with Gasteiger partial charge in [-0.25, -0.2) is 8.42 Å². The van der Waals surface area contributed by atoms with Crippen molar-refractivity contribution in [2.24, 2.45) is 0 Å². The molecule has 2 heterocycles. The van der Waals surface area contributed by atoms with Gasteiger partial charge in [0.1, 0.15) is 0 Å². The average molecular weight is 423 g/mol. The van der Waals surface area contributed by atoms with E-state index in [4.69, 9.17) is 9.47 Å². The largest absolute Gasteiger partial charge is 0.493 e. The van der Waals surface area contributed by atoms with E-state index in [1.165, 1.54) is 20.3 Å². The number of hydrogen-bond donors (Lipinski definition) is 0. The molecule has 1 aliphatic heterocycles. The maximum atomic E-state index is 13.0. The summed E-state index contributed by atoms with van der Waals surface area (Å²) >= 11 is 0. The molecule has 0 saturated carbocycles. The fraction of sp³-hybridized carbons (Fsp3) is 0.550. The van der Waals surface area contributed by atoms with E-state index in [2.05, 4.69) is 10.00 Å². The fourth-order valence-corrected chi connectivity index (χ4v) is 4.98. The van der Waals surface area contributed by atoms with Crippen LogP contribution in [0.25, 0.3) is 0 Å². The fourth-order valence-electron chi connectivity index (χ4n) is 3.54. The molecule has 9 heteroatoms. The molecule has 0 radical (unpaired) electrons. The third-order valence-electron chi connectivity index (χ3n) is 5.24. The number of hydrogen-bond acceptors (Lipinski definition) is 6. The summed E-state index contributed by atoms with van der Waals surface area (Å²) in [6.07, 6.45) is 7.15. The number of benzene rings is 1. The Morgan fingerprint density at radius 1 is 0.966 bits per heavy atom. The molecule has 160 valence electrons. The van der Waals surface area contributed by atoms with Crippen molar-refractivity contribution in [3.63, 3.8) is 0 Å². The van der Waals surface area contributed by atoms with E-state index >= 15 is 0 Å². The van der Waals surface area contributed by atoms with Crippen molar-refractivity contribution in [1.29, 1.82) is 0 Å². The molecule has 1 saturated heterocycles. The average Bonchev–Trinajstić information content (AvgIpc) is 3.27. The van der Waals surface area contributed by atoms with Gasteiger partial charge < -0.3 is 14.4 Å². The molecular weight excluding hydrogens is 392 g/mol. The second-order valence-corrected chi connectivity index (χ2v) is 9.03. The minimum Gasteiger partial charge on any atom is -0.493 e. The number of nitrogens with zero attached hydrogens (tertiary/aromatic N) is 4. The summed E-state index contributed by atoms with van der Waals surface area (Å²) in [6.45, 7) is 4.47. The second-order valence-electron chi connectivity index (χ2n) is 7.09. The van der Waals surface area contributed by atoms with Crippen molar-refractivity contribution < 1.29 is 17.9 Å². The van der Waals surface area contributed by atoms with Gasteiger partial charge in [-0.05, 0) is 37.6 Å². The summed E-state index contributed by atoms with van der Waals surface area (Å²) in [5.41, 5.74) is 0. The molecule has 0 atom stereocenters. The molecule has 0 amide bonds. The van der Waals surface area contributed by atoms with Crippen LogP contribution in [0, 0.1) is 0 Å². The number of sulfonamides is 1. The Labute approximate surface area is 173 Å². The predicted octanol–water partition coefficient (Wildman–Crippen LogP) is 2.08. The van der Waals surface area contributed by atoms with Crippen molar-refractivity contribution in [3.8, 4) is 11.5 Å². The van der Waals surface area contributed by atoms with Gasteiger partial charge in [0.15, 0.2) is 11.5 Å². The number of aromatic nitrogens is 2. The minimum absolute atomic E-state index is 0.238. The van der Waals surface area contributed by atoms with Crippen LogP contribution in [0.15, 0.2) is 41.6 Å². The Balaban J connectivity index is 1.45. The normalized spacial score (nSPS) is 16.1. The topological polar surface area (TPSA) is 76.9 Å². The highest BCUT2D eigenvalue weighted by Crippen LogP contribution is 2.30. The Kier molecular flexibility index (Phi) is 7.51. The van der Waals surface area contributed by atoms with Crippen molar-refractivity contribution >= 4 is 10.0 Å². The van der Waals surface area contributed by atoms with E-state index in [0.29, 0.717) is 24.6 Å². The van der Waals surface area contributed by atoms with Crippen molar-refractivity contribution in [2.75, 3.05) is 46.9 Å². The second kappa shape index (κ2) is 10.1. The Morgan fingerprint density at radius 2 is 1.69 bits per heavy atom. The van der Waals surface area contributed by atoms with Crippen LogP contribution < -0.4 is 9.47 Å². The van der Waals surface area contributed by atoms with Crippen molar-refractivity contribution in [3.05, 3.63) is 36.7 Å². The van der Waals surface area contributed by atoms with Crippen LogP contribution in [0.4, 0.5) is 0 Å². The zero-order valence-electron chi connectivity index (χ0n) is 17.2. The minimum atomic E-state index is -3.54. The summed E-state index contributed by atoms with van der Waals surface area (Å²) in [5.74, 6) is 0.936. The van der Waals surface area contributed by atoms with Gasteiger partial charge in [-0.3, -0.25) is 4.68 Å². The van der Waals surface area contributed by atoms with Gasteiger partial charge in [0.2, 0.25) is 10.0 Å². The number of ether oxygens (including phenoxy) is 2. The van der Waals surface area contributed by atoms with Crippen LogP contribution in [0.3, 0.4) is 0 Å². The molecule has 0 aliphatic carbocycles. The lowest BCUT2D eigenvalue weighted by Crippen LogP contribution is -2.48. The molecule has 8 nitrogen and oxygen atoms in total. The molecule has 1 aromatic heterocycles. The quantitative estimate of drug-likeness (QED) is 0.546. The van der Waals surface area contributed by atoms with Crippen molar-refractivity contribution in [1.82, 2.24) is 19.0 Å². The lowest BCUT2D eigenvalue weighted by molar-refractivity contribution is 0.185. The van der Waals surface area contributed by atoms with Crippen molar-refractivity contribution in [2.45, 2.75) is 30.7 Å². The van der Waals surface area contributed by atoms with Crippen LogP contribution in [-0.2, 0) is 16.6 Å². The molecule has 1 fully saturated rings. The van der Waals surface area contributed by atoms with E-state index in [1.807, 2.05) is 16.9 Å². The maximum Gasteiger partial charge on any atom is 0.243 e. The number of rotatable bonds is 10. The Morgan fingerprint density at radius 3 is 2.34 bits per heavy atom. The van der Waals surface area contributed by atoms with Gasteiger partial charge in [-0.1, -0.05) is 6.42 Å². The predicted molar refractivity (Wildman–Crippen MR) is 111 cm³/mol. The standard InChI is InChI=1S/C20H30N4O4S/c1-27-19-8-7-18(17-20(19)28-2)29(25,26)24-15-13-22(14-16-24)10-4-3-5-11-23-12-6-9-21-23/h6-9,12,17H,3-5,10-11,13-16H2,1-2H3. The molecule has 3 rings (SSSR count). The highest BCUT2D eigenvalue weighted by Gasteiger charge is 2.29. The third-order valence-corrected chi connectivity index (χ3v) is 7.14. The first kappa shape index (κ1) is 21.6. The summed E-state index contributed by atoms with van der Waals surface area (Å²) in [7, 11) is -0.503. The van der Waals surface area contributed by atoms with E-state index in [9.17, 15) is 8.42 Å². The molecule has 2 aromatic rings. The number of unbranched alkanes of at least 4 members (excludes halogenated alkanes) is 2. The number of piperazine rings is 1. The van der Waals surface area contributed by atoms with Gasteiger partial charge in [0.25, 0.3) is 0 Å². The zero-order valence-corrected chi connectivity index (χ0v) is 18.0. The first-order valence-corrected chi connectivity index (χ1v) is 11.4. The van der Waals surface area contributed by atoms with Gasteiger partial charge >= 0.3 is 0 Å².